The molecule has 5 heteroatoms. The Bertz CT molecular complexity index is 326. The molecule has 1 heterocycles. The largest absolute Gasteiger partial charge is 0.383 e. The van der Waals surface area contributed by atoms with E-state index in [9.17, 15) is 4.79 Å². The lowest BCUT2D eigenvalue weighted by molar-refractivity contribution is -0.124. The smallest absolute Gasteiger partial charge is 0.252 e. The molecule has 2 aliphatic rings. The van der Waals surface area contributed by atoms with Gasteiger partial charge in [-0.05, 0) is 19.3 Å². The summed E-state index contributed by atoms with van der Waals surface area (Å²) < 4.78 is 4.92. The second kappa shape index (κ2) is 5.04. The van der Waals surface area contributed by atoms with E-state index in [1.807, 2.05) is 6.92 Å². The lowest BCUT2D eigenvalue weighted by Crippen LogP contribution is -2.46. The normalized spacial score (nSPS) is 31.2. The number of nitrogens with one attached hydrogen (secondary N) is 2. The molecule has 0 bridgehead atoms. The first-order valence-electron chi connectivity index (χ1n) is 6.27. The van der Waals surface area contributed by atoms with Crippen molar-refractivity contribution in [3.05, 3.63) is 0 Å². The zero-order valence-corrected chi connectivity index (χ0v) is 10.6. The number of hydrogen-bond donors (Lipinski definition) is 2. The predicted octanol–water partition coefficient (Wildman–Crippen LogP) is 0.657. The Hall–Kier alpha value is -1.10. The van der Waals surface area contributed by atoms with Gasteiger partial charge in [0.05, 0.1) is 13.2 Å². The second-order valence-corrected chi connectivity index (χ2v) is 5.14. The molecule has 0 spiro atoms. The zero-order chi connectivity index (χ0) is 12.3. The summed E-state index contributed by atoms with van der Waals surface area (Å²) in [5, 5.41) is 6.01. The minimum absolute atomic E-state index is 0.0422. The Labute approximate surface area is 102 Å². The van der Waals surface area contributed by atoms with Crippen LogP contribution in [-0.2, 0) is 9.53 Å². The molecule has 1 atom stereocenters. The van der Waals surface area contributed by atoms with Crippen LogP contribution in [0.3, 0.4) is 0 Å². The van der Waals surface area contributed by atoms with Gasteiger partial charge in [0.1, 0.15) is 5.54 Å². The van der Waals surface area contributed by atoms with Crippen LogP contribution in [0.5, 0.6) is 0 Å². The third-order valence-corrected chi connectivity index (χ3v) is 3.61. The van der Waals surface area contributed by atoms with Gasteiger partial charge in [-0.15, -0.1) is 0 Å². The predicted molar refractivity (Wildman–Crippen MR) is 65.8 cm³/mol. The van der Waals surface area contributed by atoms with Crippen LogP contribution < -0.4 is 10.6 Å². The van der Waals surface area contributed by atoms with E-state index in [-0.39, 0.29) is 5.91 Å². The van der Waals surface area contributed by atoms with E-state index in [2.05, 4.69) is 15.6 Å². The van der Waals surface area contributed by atoms with Gasteiger partial charge < -0.3 is 10.1 Å². The lowest BCUT2D eigenvalue weighted by Gasteiger charge is -2.32. The van der Waals surface area contributed by atoms with Crippen LogP contribution in [-0.4, -0.2) is 37.7 Å². The Morgan fingerprint density at radius 2 is 2.29 bits per heavy atom. The van der Waals surface area contributed by atoms with Crippen LogP contribution in [0.25, 0.3) is 0 Å². The maximum atomic E-state index is 11.9. The summed E-state index contributed by atoms with van der Waals surface area (Å²) in [4.78, 5) is 16.2. The van der Waals surface area contributed by atoms with Crippen molar-refractivity contribution in [1.82, 2.24) is 10.6 Å². The van der Waals surface area contributed by atoms with E-state index in [1.165, 1.54) is 19.3 Å². The highest BCUT2D eigenvalue weighted by atomic mass is 16.5. The maximum absolute atomic E-state index is 11.9. The van der Waals surface area contributed by atoms with Crippen LogP contribution in [0.2, 0.25) is 0 Å². The molecule has 17 heavy (non-hydrogen) atoms. The summed E-state index contributed by atoms with van der Waals surface area (Å²) in [6, 6.07) is 0. The molecule has 96 valence electrons. The van der Waals surface area contributed by atoms with Crippen molar-refractivity contribution in [3.63, 3.8) is 0 Å². The molecule has 1 saturated heterocycles. The van der Waals surface area contributed by atoms with E-state index in [0.29, 0.717) is 25.0 Å². The molecule has 2 fully saturated rings. The summed E-state index contributed by atoms with van der Waals surface area (Å²) in [5.74, 6) is 1.33. The molecular formula is C12H21N3O2. The first-order chi connectivity index (χ1) is 8.14. The first-order valence-corrected chi connectivity index (χ1v) is 6.27. The summed E-state index contributed by atoms with van der Waals surface area (Å²) in [7, 11) is 1.64. The highest BCUT2D eigenvalue weighted by Crippen LogP contribution is 2.34. The highest BCUT2D eigenvalue weighted by Gasteiger charge is 2.43. The van der Waals surface area contributed by atoms with Crippen LogP contribution in [0.15, 0.2) is 4.99 Å². The molecule has 1 aliphatic heterocycles. The number of ether oxygens (including phenoxy) is 1. The standard InChI is InChI=1S/C12H21N3O2/c1-12(8-9-4-3-5-9)10(16)14-11(15-12)13-6-7-17-2/h9H,3-8H2,1-2H3,(H2,13,14,15,16). The van der Waals surface area contributed by atoms with Crippen molar-refractivity contribution >= 4 is 11.9 Å². The first kappa shape index (κ1) is 12.4. The molecule has 0 radical (unpaired) electrons. The van der Waals surface area contributed by atoms with Crippen molar-refractivity contribution in [2.45, 2.75) is 38.1 Å². The topological polar surface area (TPSA) is 62.7 Å². The van der Waals surface area contributed by atoms with Crippen LogP contribution >= 0.6 is 0 Å². The van der Waals surface area contributed by atoms with Gasteiger partial charge in [-0.3, -0.25) is 15.1 Å². The summed E-state index contributed by atoms with van der Waals surface area (Å²) in [6.45, 7) is 3.10. The number of rotatable bonds is 5. The minimum atomic E-state index is -0.475. The second-order valence-electron chi connectivity index (χ2n) is 5.14. The van der Waals surface area contributed by atoms with Gasteiger partial charge >= 0.3 is 0 Å². The molecular weight excluding hydrogens is 218 g/mol. The monoisotopic (exact) mass is 239 g/mol. The number of carbonyl (C=O) groups excluding carboxylic acids is 1. The molecule has 1 saturated carbocycles. The van der Waals surface area contributed by atoms with Crippen molar-refractivity contribution < 1.29 is 9.53 Å². The average molecular weight is 239 g/mol. The number of guanidine groups is 1. The van der Waals surface area contributed by atoms with E-state index in [0.717, 1.165) is 6.42 Å². The molecule has 2 N–H and O–H groups in total. The van der Waals surface area contributed by atoms with Crippen molar-refractivity contribution in [3.8, 4) is 0 Å². The lowest BCUT2D eigenvalue weighted by atomic mass is 9.76. The zero-order valence-electron chi connectivity index (χ0n) is 10.6. The highest BCUT2D eigenvalue weighted by molar-refractivity contribution is 6.08. The van der Waals surface area contributed by atoms with E-state index >= 15 is 0 Å². The number of hydrogen-bond acceptors (Lipinski definition) is 3. The van der Waals surface area contributed by atoms with Crippen LogP contribution in [0, 0.1) is 5.92 Å². The Morgan fingerprint density at radius 1 is 1.53 bits per heavy atom. The SMILES string of the molecule is COCCN=C1NC(=O)C(C)(CC2CCC2)N1. The Balaban J connectivity index is 1.90. The molecule has 0 aromatic rings. The minimum Gasteiger partial charge on any atom is -0.383 e. The molecule has 2 rings (SSSR count). The van der Waals surface area contributed by atoms with Gasteiger partial charge in [0.2, 0.25) is 0 Å². The van der Waals surface area contributed by atoms with Crippen molar-refractivity contribution in [1.29, 1.82) is 0 Å². The summed E-state index contributed by atoms with van der Waals surface area (Å²) in [5.41, 5.74) is -0.475. The van der Waals surface area contributed by atoms with Crippen LogP contribution in [0.4, 0.5) is 0 Å². The van der Waals surface area contributed by atoms with Gasteiger partial charge in [-0.25, -0.2) is 0 Å². The summed E-state index contributed by atoms with van der Waals surface area (Å²) in [6.07, 6.45) is 4.71. The number of methoxy groups -OCH3 is 1. The Kier molecular flexibility index (Phi) is 3.66. The van der Waals surface area contributed by atoms with Gasteiger partial charge in [0.25, 0.3) is 5.91 Å². The quantitative estimate of drug-likeness (QED) is 0.693. The molecule has 1 unspecified atom stereocenters. The van der Waals surface area contributed by atoms with E-state index in [4.69, 9.17) is 4.74 Å². The molecule has 1 amide bonds. The molecule has 5 nitrogen and oxygen atoms in total. The molecule has 0 aromatic carbocycles. The van der Waals surface area contributed by atoms with Gasteiger partial charge in [-0.2, -0.15) is 0 Å². The molecule has 1 aliphatic carbocycles. The Morgan fingerprint density at radius 3 is 2.88 bits per heavy atom. The summed E-state index contributed by atoms with van der Waals surface area (Å²) >= 11 is 0. The number of aliphatic imine (C=N–C) groups is 1. The van der Waals surface area contributed by atoms with E-state index in [1.54, 1.807) is 7.11 Å². The molecule has 0 aromatic heterocycles. The fourth-order valence-corrected chi connectivity index (χ4v) is 2.34. The van der Waals surface area contributed by atoms with Crippen molar-refractivity contribution in [2.24, 2.45) is 10.9 Å². The van der Waals surface area contributed by atoms with E-state index < -0.39 is 5.54 Å². The van der Waals surface area contributed by atoms with Crippen LogP contribution in [0.1, 0.15) is 32.6 Å². The fraction of sp³-hybridized carbons (Fsp3) is 0.833. The number of nitrogens with zero attached hydrogens (tertiary/aromatic N) is 1. The van der Waals surface area contributed by atoms with Crippen molar-refractivity contribution in [2.75, 3.05) is 20.3 Å². The third-order valence-electron chi connectivity index (χ3n) is 3.61. The third kappa shape index (κ3) is 2.77. The average Bonchev–Trinajstić information content (AvgIpc) is 2.50. The maximum Gasteiger partial charge on any atom is 0.252 e. The van der Waals surface area contributed by atoms with Gasteiger partial charge in [0.15, 0.2) is 5.96 Å². The number of carbonyl (C=O) groups is 1. The van der Waals surface area contributed by atoms with Gasteiger partial charge in [0, 0.05) is 7.11 Å². The van der Waals surface area contributed by atoms with Gasteiger partial charge in [-0.1, -0.05) is 19.3 Å². The number of amides is 1. The fourth-order valence-electron chi connectivity index (χ4n) is 2.34.